The van der Waals surface area contributed by atoms with Crippen LogP contribution in [0.2, 0.25) is 0 Å². The first kappa shape index (κ1) is 14.9. The van der Waals surface area contributed by atoms with Crippen molar-refractivity contribution in [3.63, 3.8) is 0 Å². The summed E-state index contributed by atoms with van der Waals surface area (Å²) < 4.78 is 10.4. The Morgan fingerprint density at radius 1 is 1.27 bits per heavy atom. The molecule has 2 aromatic rings. The van der Waals surface area contributed by atoms with Crippen molar-refractivity contribution in [1.82, 2.24) is 5.32 Å². The molecule has 1 aromatic carbocycles. The molecular formula is C17H19NO3S. The van der Waals surface area contributed by atoms with E-state index in [9.17, 15) is 4.79 Å². The predicted octanol–water partition coefficient (Wildman–Crippen LogP) is 3.23. The van der Waals surface area contributed by atoms with E-state index in [-0.39, 0.29) is 11.3 Å². The topological polar surface area (TPSA) is 47.6 Å². The van der Waals surface area contributed by atoms with Gasteiger partial charge in [-0.05, 0) is 47.4 Å². The maximum absolute atomic E-state index is 12.4. The third-order valence-corrected chi connectivity index (χ3v) is 4.91. The fraction of sp³-hybridized carbons (Fsp3) is 0.353. The van der Waals surface area contributed by atoms with Gasteiger partial charge in [-0.3, -0.25) is 4.79 Å². The number of thiophene rings is 1. The molecule has 0 aliphatic heterocycles. The number of methoxy groups -OCH3 is 2. The smallest absolute Gasteiger partial charge is 0.255 e. The van der Waals surface area contributed by atoms with Gasteiger partial charge in [0.1, 0.15) is 11.5 Å². The lowest BCUT2D eigenvalue weighted by atomic mass is 9.99. The fourth-order valence-electron chi connectivity index (χ4n) is 2.62. The van der Waals surface area contributed by atoms with E-state index in [4.69, 9.17) is 9.47 Å². The highest BCUT2D eigenvalue weighted by molar-refractivity contribution is 7.08. The van der Waals surface area contributed by atoms with Gasteiger partial charge in [-0.15, -0.1) is 0 Å². The molecule has 3 rings (SSSR count). The number of rotatable bonds is 6. The van der Waals surface area contributed by atoms with E-state index < -0.39 is 0 Å². The number of hydrogen-bond donors (Lipinski definition) is 1. The van der Waals surface area contributed by atoms with Crippen molar-refractivity contribution in [2.45, 2.75) is 18.3 Å². The zero-order valence-corrected chi connectivity index (χ0v) is 13.5. The number of nitrogens with one attached hydrogen (secondary N) is 1. The molecule has 1 fully saturated rings. The molecule has 116 valence electrons. The Hall–Kier alpha value is -2.01. The van der Waals surface area contributed by atoms with E-state index >= 15 is 0 Å². The average Bonchev–Trinajstić information content (AvgIpc) is 3.14. The Bertz CT molecular complexity index is 663. The number of carbonyl (C=O) groups is 1. The van der Waals surface area contributed by atoms with Crippen LogP contribution in [0.5, 0.6) is 11.5 Å². The molecule has 4 nitrogen and oxygen atoms in total. The molecule has 1 heterocycles. The summed E-state index contributed by atoms with van der Waals surface area (Å²) in [6.07, 6.45) is 2.26. The van der Waals surface area contributed by atoms with Crippen molar-refractivity contribution < 1.29 is 14.3 Å². The van der Waals surface area contributed by atoms with Crippen molar-refractivity contribution in [1.29, 1.82) is 0 Å². The molecule has 0 atom stereocenters. The Balaban J connectivity index is 1.70. The molecule has 0 saturated heterocycles. The molecular weight excluding hydrogens is 298 g/mol. The largest absolute Gasteiger partial charge is 0.497 e. The lowest BCUT2D eigenvalue weighted by Crippen LogP contribution is -2.32. The van der Waals surface area contributed by atoms with Crippen molar-refractivity contribution in [2.24, 2.45) is 0 Å². The maximum atomic E-state index is 12.4. The average molecular weight is 317 g/mol. The number of hydrogen-bond acceptors (Lipinski definition) is 4. The van der Waals surface area contributed by atoms with Crippen LogP contribution in [-0.2, 0) is 5.41 Å². The van der Waals surface area contributed by atoms with Gasteiger partial charge in [0.2, 0.25) is 0 Å². The molecule has 1 aliphatic rings. The molecule has 0 unspecified atom stereocenters. The van der Waals surface area contributed by atoms with Gasteiger partial charge >= 0.3 is 0 Å². The Morgan fingerprint density at radius 3 is 2.68 bits per heavy atom. The van der Waals surface area contributed by atoms with Crippen LogP contribution in [0.4, 0.5) is 0 Å². The molecule has 22 heavy (non-hydrogen) atoms. The van der Waals surface area contributed by atoms with Gasteiger partial charge in [-0.2, -0.15) is 11.3 Å². The highest BCUT2D eigenvalue weighted by atomic mass is 32.1. The van der Waals surface area contributed by atoms with E-state index in [0.29, 0.717) is 23.6 Å². The van der Waals surface area contributed by atoms with Crippen molar-refractivity contribution >= 4 is 17.2 Å². The van der Waals surface area contributed by atoms with Crippen LogP contribution in [-0.4, -0.2) is 26.7 Å². The summed E-state index contributed by atoms with van der Waals surface area (Å²) in [5.74, 6) is 1.09. The summed E-state index contributed by atoms with van der Waals surface area (Å²) in [6.45, 7) is 0.664. The molecule has 1 N–H and O–H groups in total. The summed E-state index contributed by atoms with van der Waals surface area (Å²) in [7, 11) is 3.14. The summed E-state index contributed by atoms with van der Waals surface area (Å²) in [4.78, 5) is 12.4. The highest BCUT2D eigenvalue weighted by Gasteiger charge is 2.44. The first-order chi connectivity index (χ1) is 10.7. The van der Waals surface area contributed by atoms with Gasteiger partial charge < -0.3 is 14.8 Å². The molecule has 0 bridgehead atoms. The Morgan fingerprint density at radius 2 is 2.09 bits per heavy atom. The van der Waals surface area contributed by atoms with Crippen LogP contribution in [0.1, 0.15) is 28.8 Å². The Kier molecular flexibility index (Phi) is 4.07. The Labute approximate surface area is 134 Å². The number of benzene rings is 1. The summed E-state index contributed by atoms with van der Waals surface area (Å²) in [6, 6.07) is 7.37. The molecule has 1 aliphatic carbocycles. The minimum atomic E-state index is -0.110. The molecule has 0 spiro atoms. The van der Waals surface area contributed by atoms with Crippen molar-refractivity contribution in [2.75, 3.05) is 20.8 Å². The lowest BCUT2D eigenvalue weighted by molar-refractivity contribution is 0.0946. The number of ether oxygens (including phenoxy) is 2. The zero-order chi connectivity index (χ0) is 15.6. The number of carbonyl (C=O) groups excluding carboxylic acids is 1. The second kappa shape index (κ2) is 6.01. The standard InChI is InChI=1S/C17H19NO3S/c1-20-13-3-4-14(15(9-13)21-2)16(19)18-11-17(6-7-17)12-5-8-22-10-12/h3-5,8-10H,6-7,11H2,1-2H3,(H,18,19). The van der Waals surface area contributed by atoms with Crippen LogP contribution in [0, 0.1) is 0 Å². The van der Waals surface area contributed by atoms with Gasteiger partial charge in [-0.25, -0.2) is 0 Å². The minimum absolute atomic E-state index is 0.110. The summed E-state index contributed by atoms with van der Waals surface area (Å²) in [5.41, 5.74) is 2.00. The first-order valence-corrected chi connectivity index (χ1v) is 8.16. The number of amides is 1. The minimum Gasteiger partial charge on any atom is -0.497 e. The second-order valence-corrected chi connectivity index (χ2v) is 6.32. The highest BCUT2D eigenvalue weighted by Crippen LogP contribution is 2.48. The van der Waals surface area contributed by atoms with E-state index in [1.807, 2.05) is 0 Å². The van der Waals surface area contributed by atoms with Crippen molar-refractivity contribution in [3.05, 3.63) is 46.2 Å². The van der Waals surface area contributed by atoms with Crippen molar-refractivity contribution in [3.8, 4) is 11.5 Å². The summed E-state index contributed by atoms with van der Waals surface area (Å²) in [5, 5.41) is 7.31. The van der Waals surface area contributed by atoms with Gasteiger partial charge in [0.15, 0.2) is 0 Å². The predicted molar refractivity (Wildman–Crippen MR) is 87.1 cm³/mol. The maximum Gasteiger partial charge on any atom is 0.255 e. The third-order valence-electron chi connectivity index (χ3n) is 4.23. The molecule has 1 aromatic heterocycles. The lowest BCUT2D eigenvalue weighted by Gasteiger charge is -2.16. The van der Waals surface area contributed by atoms with Crippen LogP contribution in [0.25, 0.3) is 0 Å². The normalized spacial score (nSPS) is 15.2. The zero-order valence-electron chi connectivity index (χ0n) is 12.7. The monoisotopic (exact) mass is 317 g/mol. The molecule has 0 radical (unpaired) electrons. The van der Waals surface area contributed by atoms with Gasteiger partial charge in [0.25, 0.3) is 5.91 Å². The van der Waals surface area contributed by atoms with E-state index in [0.717, 1.165) is 12.8 Å². The second-order valence-electron chi connectivity index (χ2n) is 5.54. The van der Waals surface area contributed by atoms with Gasteiger partial charge in [0, 0.05) is 18.0 Å². The van der Waals surface area contributed by atoms with E-state index in [2.05, 4.69) is 22.1 Å². The quantitative estimate of drug-likeness (QED) is 0.890. The van der Waals surface area contributed by atoms with Gasteiger partial charge in [-0.1, -0.05) is 0 Å². The van der Waals surface area contributed by atoms with Crippen LogP contribution in [0.15, 0.2) is 35.0 Å². The molecule has 1 saturated carbocycles. The van der Waals surface area contributed by atoms with Gasteiger partial charge in [0.05, 0.1) is 19.8 Å². The van der Waals surface area contributed by atoms with Crippen LogP contribution < -0.4 is 14.8 Å². The van der Waals surface area contributed by atoms with Crippen LogP contribution in [0.3, 0.4) is 0 Å². The molecule has 1 amide bonds. The summed E-state index contributed by atoms with van der Waals surface area (Å²) >= 11 is 1.70. The molecule has 5 heteroatoms. The van der Waals surface area contributed by atoms with E-state index in [1.54, 1.807) is 43.8 Å². The third kappa shape index (κ3) is 2.81. The SMILES string of the molecule is COc1ccc(C(=O)NCC2(c3ccsc3)CC2)c(OC)c1. The van der Waals surface area contributed by atoms with E-state index in [1.165, 1.54) is 5.56 Å². The first-order valence-electron chi connectivity index (χ1n) is 7.21. The fourth-order valence-corrected chi connectivity index (χ4v) is 3.39. The van der Waals surface area contributed by atoms with Crippen LogP contribution >= 0.6 is 11.3 Å².